The first kappa shape index (κ1) is 6.79. The molecule has 4 heteroatoms. The number of aryl methyl sites for hydroxylation is 1. The van der Waals surface area contributed by atoms with Crippen molar-refractivity contribution in [3.05, 3.63) is 11.6 Å². The van der Waals surface area contributed by atoms with Crippen molar-refractivity contribution in [1.82, 2.24) is 20.1 Å². The standard InChI is InChI=1S/C7H12N4/c1-5-7-10-9-6(2)11(7)4-3-8-5/h5,8H,3-4H2,1-2H3/t5-/m1/s1. The van der Waals surface area contributed by atoms with Crippen LogP contribution in [0.1, 0.15) is 24.6 Å². The Labute approximate surface area is 65.6 Å². The second kappa shape index (κ2) is 2.30. The molecule has 1 atom stereocenters. The van der Waals surface area contributed by atoms with Gasteiger partial charge in [-0.3, -0.25) is 0 Å². The van der Waals surface area contributed by atoms with Crippen LogP contribution in [0.25, 0.3) is 0 Å². The maximum absolute atomic E-state index is 4.09. The summed E-state index contributed by atoms with van der Waals surface area (Å²) in [6, 6.07) is 0.352. The Morgan fingerprint density at radius 3 is 3.09 bits per heavy atom. The van der Waals surface area contributed by atoms with Gasteiger partial charge in [0.1, 0.15) is 11.6 Å². The van der Waals surface area contributed by atoms with Crippen LogP contribution in [0.5, 0.6) is 0 Å². The highest BCUT2D eigenvalue weighted by Crippen LogP contribution is 2.14. The Balaban J connectivity index is 2.46. The van der Waals surface area contributed by atoms with E-state index < -0.39 is 0 Å². The topological polar surface area (TPSA) is 42.7 Å². The number of fused-ring (bicyclic) bond motifs is 1. The van der Waals surface area contributed by atoms with Gasteiger partial charge in [0.25, 0.3) is 0 Å². The summed E-state index contributed by atoms with van der Waals surface area (Å²) in [7, 11) is 0. The molecule has 60 valence electrons. The highest BCUT2D eigenvalue weighted by Gasteiger charge is 2.18. The predicted octanol–water partition coefficient (Wildman–Crippen LogP) is 0.251. The molecule has 1 aliphatic heterocycles. The van der Waals surface area contributed by atoms with Crippen molar-refractivity contribution in [1.29, 1.82) is 0 Å². The molecule has 0 spiro atoms. The van der Waals surface area contributed by atoms with E-state index in [1.165, 1.54) is 0 Å². The molecule has 0 saturated heterocycles. The Kier molecular flexibility index (Phi) is 1.42. The van der Waals surface area contributed by atoms with Crippen molar-refractivity contribution in [3.63, 3.8) is 0 Å². The Hall–Kier alpha value is -0.900. The number of rotatable bonds is 0. The number of hydrogen-bond acceptors (Lipinski definition) is 3. The molecule has 0 saturated carbocycles. The summed E-state index contributed by atoms with van der Waals surface area (Å²) in [5.41, 5.74) is 0. The van der Waals surface area contributed by atoms with Gasteiger partial charge in [-0.25, -0.2) is 0 Å². The Morgan fingerprint density at radius 1 is 1.55 bits per heavy atom. The molecule has 4 nitrogen and oxygen atoms in total. The smallest absolute Gasteiger partial charge is 0.149 e. The number of hydrogen-bond donors (Lipinski definition) is 1. The molecule has 0 fully saturated rings. The third-order valence-electron chi connectivity index (χ3n) is 2.14. The molecule has 0 aromatic carbocycles. The van der Waals surface area contributed by atoms with Gasteiger partial charge in [0.2, 0.25) is 0 Å². The first-order valence-corrected chi connectivity index (χ1v) is 3.92. The van der Waals surface area contributed by atoms with Crippen molar-refractivity contribution in [2.24, 2.45) is 0 Å². The SMILES string of the molecule is Cc1nnc2n1CCN[C@@H]2C. The third kappa shape index (κ3) is 0.939. The second-order valence-electron chi connectivity index (χ2n) is 2.93. The van der Waals surface area contributed by atoms with Crippen molar-refractivity contribution >= 4 is 0 Å². The molecule has 0 aliphatic carbocycles. The summed E-state index contributed by atoms with van der Waals surface area (Å²) in [6.07, 6.45) is 0. The van der Waals surface area contributed by atoms with Crippen LogP contribution < -0.4 is 5.32 Å². The van der Waals surface area contributed by atoms with Crippen LogP contribution in [0.4, 0.5) is 0 Å². The van der Waals surface area contributed by atoms with Crippen LogP contribution >= 0.6 is 0 Å². The van der Waals surface area contributed by atoms with E-state index in [2.05, 4.69) is 27.0 Å². The molecule has 1 aliphatic rings. The van der Waals surface area contributed by atoms with Gasteiger partial charge in [-0.1, -0.05) is 0 Å². The minimum Gasteiger partial charge on any atom is -0.313 e. The van der Waals surface area contributed by atoms with Crippen LogP contribution in [0.15, 0.2) is 0 Å². The summed E-state index contributed by atoms with van der Waals surface area (Å²) < 4.78 is 2.17. The van der Waals surface area contributed by atoms with Gasteiger partial charge in [-0.2, -0.15) is 0 Å². The van der Waals surface area contributed by atoms with Crippen molar-refractivity contribution < 1.29 is 0 Å². The molecule has 0 amide bonds. The second-order valence-corrected chi connectivity index (χ2v) is 2.93. The zero-order chi connectivity index (χ0) is 7.84. The fraction of sp³-hybridized carbons (Fsp3) is 0.714. The van der Waals surface area contributed by atoms with E-state index in [1.54, 1.807) is 0 Å². The molecule has 1 N–H and O–H groups in total. The number of aromatic nitrogens is 3. The maximum atomic E-state index is 4.09. The first-order valence-electron chi connectivity index (χ1n) is 3.92. The highest BCUT2D eigenvalue weighted by molar-refractivity contribution is 5.01. The van der Waals surface area contributed by atoms with Gasteiger partial charge in [-0.15, -0.1) is 10.2 Å². The average Bonchev–Trinajstić information content (AvgIpc) is 2.35. The van der Waals surface area contributed by atoms with E-state index in [4.69, 9.17) is 0 Å². The number of nitrogens with zero attached hydrogens (tertiary/aromatic N) is 3. The van der Waals surface area contributed by atoms with Crippen molar-refractivity contribution in [3.8, 4) is 0 Å². The van der Waals surface area contributed by atoms with Gasteiger partial charge in [-0.05, 0) is 13.8 Å². The first-order chi connectivity index (χ1) is 5.29. The average molecular weight is 152 g/mol. The van der Waals surface area contributed by atoms with Gasteiger partial charge in [0.15, 0.2) is 0 Å². The van der Waals surface area contributed by atoms with Gasteiger partial charge < -0.3 is 9.88 Å². The fourth-order valence-corrected chi connectivity index (χ4v) is 1.48. The monoisotopic (exact) mass is 152 g/mol. The molecule has 0 radical (unpaired) electrons. The minimum absolute atomic E-state index is 0.352. The van der Waals surface area contributed by atoms with Crippen LogP contribution in [0.3, 0.4) is 0 Å². The molecule has 2 rings (SSSR count). The van der Waals surface area contributed by atoms with E-state index >= 15 is 0 Å². The lowest BCUT2D eigenvalue weighted by molar-refractivity contribution is 0.432. The molecule has 0 bridgehead atoms. The van der Waals surface area contributed by atoms with E-state index in [9.17, 15) is 0 Å². The lowest BCUT2D eigenvalue weighted by Crippen LogP contribution is -2.32. The summed E-state index contributed by atoms with van der Waals surface area (Å²) in [5, 5.41) is 11.4. The quantitative estimate of drug-likeness (QED) is 0.579. The van der Waals surface area contributed by atoms with Gasteiger partial charge in [0.05, 0.1) is 6.04 Å². The zero-order valence-electron chi connectivity index (χ0n) is 6.83. The third-order valence-corrected chi connectivity index (χ3v) is 2.14. The Morgan fingerprint density at radius 2 is 2.36 bits per heavy atom. The molecule has 11 heavy (non-hydrogen) atoms. The molecule has 0 unspecified atom stereocenters. The summed E-state index contributed by atoms with van der Waals surface area (Å²) in [5.74, 6) is 2.09. The maximum Gasteiger partial charge on any atom is 0.149 e. The van der Waals surface area contributed by atoms with E-state index in [0.29, 0.717) is 6.04 Å². The molecule has 1 aromatic heterocycles. The lowest BCUT2D eigenvalue weighted by Gasteiger charge is -2.21. The molecular formula is C7H12N4. The van der Waals surface area contributed by atoms with Gasteiger partial charge in [0, 0.05) is 13.1 Å². The van der Waals surface area contributed by atoms with Crippen molar-refractivity contribution in [2.45, 2.75) is 26.4 Å². The summed E-state index contributed by atoms with van der Waals surface area (Å²) >= 11 is 0. The normalized spacial score (nSPS) is 23.3. The highest BCUT2D eigenvalue weighted by atomic mass is 15.3. The van der Waals surface area contributed by atoms with E-state index in [1.807, 2.05) is 6.92 Å². The van der Waals surface area contributed by atoms with Crippen LogP contribution in [0.2, 0.25) is 0 Å². The summed E-state index contributed by atoms with van der Waals surface area (Å²) in [6.45, 7) is 6.12. The van der Waals surface area contributed by atoms with Crippen LogP contribution in [0, 0.1) is 6.92 Å². The number of nitrogens with one attached hydrogen (secondary N) is 1. The predicted molar refractivity (Wildman–Crippen MR) is 41.2 cm³/mol. The largest absolute Gasteiger partial charge is 0.313 e. The molecule has 1 aromatic rings. The van der Waals surface area contributed by atoms with Crippen LogP contribution in [-0.2, 0) is 6.54 Å². The van der Waals surface area contributed by atoms with Gasteiger partial charge >= 0.3 is 0 Å². The van der Waals surface area contributed by atoms with E-state index in [0.717, 1.165) is 24.7 Å². The Bertz CT molecular complexity index is 265. The lowest BCUT2D eigenvalue weighted by atomic mass is 10.2. The van der Waals surface area contributed by atoms with E-state index in [-0.39, 0.29) is 0 Å². The zero-order valence-corrected chi connectivity index (χ0v) is 6.83. The minimum atomic E-state index is 0.352. The van der Waals surface area contributed by atoms with Crippen LogP contribution in [-0.4, -0.2) is 21.3 Å². The molecule has 2 heterocycles. The molecular weight excluding hydrogens is 140 g/mol. The fourth-order valence-electron chi connectivity index (χ4n) is 1.48. The van der Waals surface area contributed by atoms with Crippen molar-refractivity contribution in [2.75, 3.05) is 6.54 Å². The summed E-state index contributed by atoms with van der Waals surface area (Å²) in [4.78, 5) is 0.